The van der Waals surface area contributed by atoms with Gasteiger partial charge < -0.3 is 19.8 Å². The van der Waals surface area contributed by atoms with Crippen molar-refractivity contribution in [3.63, 3.8) is 0 Å². The predicted molar refractivity (Wildman–Crippen MR) is 128 cm³/mol. The summed E-state index contributed by atoms with van der Waals surface area (Å²) in [6.45, 7) is 4.09. The van der Waals surface area contributed by atoms with Crippen LogP contribution in [0.1, 0.15) is 23.4 Å². The lowest BCUT2D eigenvalue weighted by atomic mass is 9.86. The highest BCUT2D eigenvalue weighted by molar-refractivity contribution is 6.31. The molecule has 0 saturated heterocycles. The van der Waals surface area contributed by atoms with E-state index in [0.29, 0.717) is 19.1 Å². The first-order chi connectivity index (χ1) is 16.0. The summed E-state index contributed by atoms with van der Waals surface area (Å²) >= 11 is 5.96. The fraction of sp³-hybridized carbons (Fsp3) is 0.346. The summed E-state index contributed by atoms with van der Waals surface area (Å²) in [6, 6.07) is 11.2. The van der Waals surface area contributed by atoms with E-state index in [4.69, 9.17) is 21.1 Å². The van der Waals surface area contributed by atoms with E-state index in [1.54, 1.807) is 12.1 Å². The minimum absolute atomic E-state index is 0.0621. The van der Waals surface area contributed by atoms with Crippen LogP contribution in [-0.2, 0) is 12.8 Å². The molecule has 3 heterocycles. The molecule has 2 unspecified atom stereocenters. The lowest BCUT2D eigenvalue weighted by molar-refractivity contribution is 0.0915. The fourth-order valence-electron chi connectivity index (χ4n) is 5.09. The van der Waals surface area contributed by atoms with E-state index in [0.717, 1.165) is 64.8 Å². The number of nitrogens with one attached hydrogen (secondary N) is 2. The number of aromatic nitrogens is 2. The van der Waals surface area contributed by atoms with Gasteiger partial charge in [0.2, 0.25) is 0 Å². The minimum atomic E-state index is -0.362. The molecular formula is C26H25ClFN3O2. The van der Waals surface area contributed by atoms with Crippen LogP contribution in [-0.4, -0.2) is 35.8 Å². The molecule has 1 aliphatic carbocycles. The molecule has 1 aliphatic heterocycles. The lowest BCUT2D eigenvalue weighted by Gasteiger charge is -2.29. The molecule has 170 valence electrons. The number of ether oxygens (including phenoxy) is 2. The van der Waals surface area contributed by atoms with Gasteiger partial charge >= 0.3 is 0 Å². The third-order valence-electron chi connectivity index (χ3n) is 6.77. The second kappa shape index (κ2) is 8.19. The zero-order chi connectivity index (χ0) is 22.5. The minimum Gasteiger partial charge on any atom is -0.486 e. The summed E-state index contributed by atoms with van der Waals surface area (Å²) in [5.74, 6) is 1.68. The van der Waals surface area contributed by atoms with Gasteiger partial charge in [0.1, 0.15) is 18.5 Å². The lowest BCUT2D eigenvalue weighted by Crippen LogP contribution is -2.40. The van der Waals surface area contributed by atoms with Crippen LogP contribution >= 0.6 is 11.6 Å². The number of rotatable bonds is 4. The molecule has 0 bridgehead atoms. The zero-order valence-corrected chi connectivity index (χ0v) is 19.1. The predicted octanol–water partition coefficient (Wildman–Crippen LogP) is 5.35. The van der Waals surface area contributed by atoms with Crippen LogP contribution in [0, 0.1) is 18.7 Å². The molecule has 7 heteroatoms. The van der Waals surface area contributed by atoms with E-state index in [9.17, 15) is 4.39 Å². The summed E-state index contributed by atoms with van der Waals surface area (Å²) in [6.07, 6.45) is 2.91. The molecule has 2 aliphatic rings. The van der Waals surface area contributed by atoms with Gasteiger partial charge in [-0.15, -0.1) is 0 Å². The Morgan fingerprint density at radius 2 is 2.09 bits per heavy atom. The molecule has 6 rings (SSSR count). The summed E-state index contributed by atoms with van der Waals surface area (Å²) in [7, 11) is 0. The van der Waals surface area contributed by atoms with Gasteiger partial charge in [-0.05, 0) is 80.6 Å². The van der Waals surface area contributed by atoms with Crippen molar-refractivity contribution in [1.29, 1.82) is 0 Å². The largest absolute Gasteiger partial charge is 0.486 e. The highest BCUT2D eigenvalue weighted by Gasteiger charge is 2.26. The number of hydrogen-bond acceptors (Lipinski definition) is 4. The topological polar surface area (TPSA) is 59.2 Å². The monoisotopic (exact) mass is 465 g/mol. The van der Waals surface area contributed by atoms with Gasteiger partial charge in [0.05, 0.1) is 10.5 Å². The molecule has 0 fully saturated rings. The first-order valence-corrected chi connectivity index (χ1v) is 11.8. The van der Waals surface area contributed by atoms with E-state index in [1.807, 2.05) is 31.2 Å². The molecule has 5 nitrogen and oxygen atoms in total. The number of fused-ring (bicyclic) bond motifs is 6. The van der Waals surface area contributed by atoms with Crippen molar-refractivity contribution < 1.29 is 13.9 Å². The Morgan fingerprint density at radius 3 is 3.00 bits per heavy atom. The van der Waals surface area contributed by atoms with Crippen LogP contribution in [0.3, 0.4) is 0 Å². The number of halogens is 2. The maximum Gasteiger partial charge on any atom is 0.171 e. The van der Waals surface area contributed by atoms with Crippen molar-refractivity contribution in [1.82, 2.24) is 15.3 Å². The van der Waals surface area contributed by atoms with Crippen molar-refractivity contribution in [3.05, 3.63) is 64.2 Å². The van der Waals surface area contributed by atoms with Gasteiger partial charge in [-0.1, -0.05) is 11.6 Å². The number of aromatic amines is 1. The number of benzene rings is 2. The SMILES string of the molecule is Cc1ccc2c3c(ccc2n1)OCC(CNCC1CCc2[nH]c4cc(Cl)c(F)cc4c2C1)O3. The highest BCUT2D eigenvalue weighted by Crippen LogP contribution is 2.38. The summed E-state index contributed by atoms with van der Waals surface area (Å²) in [5.41, 5.74) is 5.25. The molecule has 4 aromatic rings. The number of nitrogens with zero attached hydrogens (tertiary/aromatic N) is 1. The van der Waals surface area contributed by atoms with Crippen molar-refractivity contribution in [2.24, 2.45) is 5.92 Å². The zero-order valence-electron chi connectivity index (χ0n) is 18.4. The van der Waals surface area contributed by atoms with Crippen LogP contribution in [0.25, 0.3) is 21.8 Å². The van der Waals surface area contributed by atoms with Crippen LogP contribution in [0.2, 0.25) is 5.02 Å². The third-order valence-corrected chi connectivity index (χ3v) is 7.06. The average Bonchev–Trinajstić information content (AvgIpc) is 3.15. The summed E-state index contributed by atoms with van der Waals surface area (Å²) < 4.78 is 26.3. The van der Waals surface area contributed by atoms with Gasteiger partial charge in [0.15, 0.2) is 11.5 Å². The Bertz CT molecular complexity index is 1370. The molecular weight excluding hydrogens is 441 g/mol. The molecule has 2 aromatic heterocycles. The molecule has 33 heavy (non-hydrogen) atoms. The Hall–Kier alpha value is -2.83. The summed E-state index contributed by atoms with van der Waals surface area (Å²) in [4.78, 5) is 8.02. The van der Waals surface area contributed by atoms with Crippen LogP contribution in [0.4, 0.5) is 4.39 Å². The molecule has 2 N–H and O–H groups in total. The Kier molecular flexibility index (Phi) is 5.15. The van der Waals surface area contributed by atoms with Gasteiger partial charge in [0.25, 0.3) is 0 Å². The summed E-state index contributed by atoms with van der Waals surface area (Å²) in [5, 5.41) is 5.67. The quantitative estimate of drug-likeness (QED) is 0.426. The highest BCUT2D eigenvalue weighted by atomic mass is 35.5. The number of pyridine rings is 1. The second-order valence-electron chi connectivity index (χ2n) is 9.12. The number of hydrogen-bond donors (Lipinski definition) is 2. The maximum absolute atomic E-state index is 14.0. The van der Waals surface area contributed by atoms with Gasteiger partial charge in [0, 0.05) is 34.2 Å². The van der Waals surface area contributed by atoms with Crippen LogP contribution < -0.4 is 14.8 Å². The average molecular weight is 466 g/mol. The molecule has 0 saturated carbocycles. The standard InChI is InChI=1S/C26H25ClFN3O2/c1-14-2-4-17-22(30-14)6-7-25-26(17)33-16(13-32-25)12-29-11-15-3-5-23-18(8-15)19-9-21(28)20(27)10-24(19)31-23/h2,4,6-7,9-10,15-16,29,31H,3,5,8,11-13H2,1H3. The number of aryl methyl sites for hydroxylation is 2. The van der Waals surface area contributed by atoms with Crippen molar-refractivity contribution in [3.8, 4) is 11.5 Å². The molecule has 0 radical (unpaired) electrons. The van der Waals surface area contributed by atoms with Gasteiger partial charge in [-0.25, -0.2) is 4.39 Å². The molecule has 2 aromatic carbocycles. The van der Waals surface area contributed by atoms with Crippen molar-refractivity contribution in [2.45, 2.75) is 32.3 Å². The van der Waals surface area contributed by atoms with Crippen molar-refractivity contribution >= 4 is 33.4 Å². The van der Waals surface area contributed by atoms with Gasteiger partial charge in [-0.2, -0.15) is 0 Å². The molecule has 0 amide bonds. The molecule has 2 atom stereocenters. The maximum atomic E-state index is 14.0. The Balaban J connectivity index is 1.11. The number of H-pyrrole nitrogens is 1. The first kappa shape index (κ1) is 20.8. The first-order valence-electron chi connectivity index (χ1n) is 11.4. The Labute approximate surface area is 196 Å². The van der Waals surface area contributed by atoms with E-state index in [2.05, 4.69) is 15.3 Å². The van der Waals surface area contributed by atoms with Gasteiger partial charge in [-0.3, -0.25) is 4.98 Å². The van der Waals surface area contributed by atoms with Crippen molar-refractivity contribution in [2.75, 3.05) is 19.7 Å². The van der Waals surface area contributed by atoms with E-state index in [-0.39, 0.29) is 16.9 Å². The van der Waals surface area contributed by atoms with Crippen LogP contribution in [0.5, 0.6) is 11.5 Å². The second-order valence-corrected chi connectivity index (χ2v) is 9.53. The normalized spacial score (nSPS) is 19.7. The van der Waals surface area contributed by atoms with E-state index < -0.39 is 0 Å². The Morgan fingerprint density at radius 1 is 1.18 bits per heavy atom. The molecule has 0 spiro atoms. The fourth-order valence-corrected chi connectivity index (χ4v) is 5.25. The van der Waals surface area contributed by atoms with Crippen LogP contribution in [0.15, 0.2) is 36.4 Å². The van der Waals surface area contributed by atoms with E-state index in [1.165, 1.54) is 11.3 Å². The third kappa shape index (κ3) is 3.81. The smallest absolute Gasteiger partial charge is 0.171 e. The van der Waals surface area contributed by atoms with E-state index >= 15 is 0 Å².